The Kier molecular flexibility index (Phi) is 3.52. The van der Waals surface area contributed by atoms with Crippen molar-refractivity contribution in [3.63, 3.8) is 0 Å². The normalized spacial score (nSPS) is 15.2. The van der Waals surface area contributed by atoms with Crippen molar-refractivity contribution in [2.75, 3.05) is 10.6 Å². The van der Waals surface area contributed by atoms with Crippen molar-refractivity contribution in [2.45, 2.75) is 19.4 Å². The van der Waals surface area contributed by atoms with Crippen LogP contribution in [0.4, 0.5) is 15.8 Å². The molecule has 0 radical (unpaired) electrons. The molecular formula is C17H15FN2O3. The summed E-state index contributed by atoms with van der Waals surface area (Å²) in [5.74, 6) is -0.813. The Labute approximate surface area is 132 Å². The molecule has 0 atom stereocenters. The van der Waals surface area contributed by atoms with Crippen LogP contribution in [0.3, 0.4) is 0 Å². The van der Waals surface area contributed by atoms with Crippen LogP contribution in [0.1, 0.15) is 24.2 Å². The van der Waals surface area contributed by atoms with Crippen molar-refractivity contribution in [1.82, 2.24) is 0 Å². The summed E-state index contributed by atoms with van der Waals surface area (Å²) in [6, 6.07) is 10.4. The van der Waals surface area contributed by atoms with E-state index >= 15 is 0 Å². The van der Waals surface area contributed by atoms with Gasteiger partial charge in [0.1, 0.15) is 17.3 Å². The molecule has 2 aromatic rings. The highest BCUT2D eigenvalue weighted by Gasteiger charge is 2.36. The van der Waals surface area contributed by atoms with Crippen LogP contribution < -0.4 is 15.4 Å². The fourth-order valence-corrected chi connectivity index (χ4v) is 2.26. The number of para-hydroxylation sites is 1. The number of anilines is 2. The number of benzene rings is 2. The van der Waals surface area contributed by atoms with Gasteiger partial charge < -0.3 is 15.4 Å². The largest absolute Gasteiger partial charge is 0.476 e. The standard InChI is InChI=1S/C17H15FN2O3/c1-17(2)16(22)20-14-12(7-4-8-13(14)23-17)19-15(21)10-5-3-6-11(18)9-10/h3-9H,1-2H3,(H,19,21)(H,20,22). The molecular weight excluding hydrogens is 299 g/mol. The first-order valence-electron chi connectivity index (χ1n) is 7.07. The van der Waals surface area contributed by atoms with Gasteiger partial charge in [-0.2, -0.15) is 0 Å². The summed E-state index contributed by atoms with van der Waals surface area (Å²) in [6.07, 6.45) is 0. The fraction of sp³-hybridized carbons (Fsp3) is 0.176. The summed E-state index contributed by atoms with van der Waals surface area (Å²) in [4.78, 5) is 24.3. The maximum Gasteiger partial charge on any atom is 0.268 e. The molecule has 0 spiro atoms. The van der Waals surface area contributed by atoms with E-state index in [-0.39, 0.29) is 11.5 Å². The zero-order valence-electron chi connectivity index (χ0n) is 12.6. The molecule has 2 aromatic carbocycles. The molecule has 6 heteroatoms. The molecule has 1 aliphatic heterocycles. The lowest BCUT2D eigenvalue weighted by atomic mass is 10.1. The quantitative estimate of drug-likeness (QED) is 0.894. The van der Waals surface area contributed by atoms with Gasteiger partial charge >= 0.3 is 0 Å². The maximum atomic E-state index is 13.2. The first-order chi connectivity index (χ1) is 10.9. The van der Waals surface area contributed by atoms with E-state index in [4.69, 9.17) is 4.74 Å². The highest BCUT2D eigenvalue weighted by molar-refractivity contribution is 6.09. The second-order valence-corrected chi connectivity index (χ2v) is 5.71. The minimum absolute atomic E-state index is 0.186. The van der Waals surface area contributed by atoms with Gasteiger partial charge in [-0.15, -0.1) is 0 Å². The number of nitrogens with one attached hydrogen (secondary N) is 2. The van der Waals surface area contributed by atoms with Crippen LogP contribution in [0.2, 0.25) is 0 Å². The van der Waals surface area contributed by atoms with Gasteiger partial charge in [0.25, 0.3) is 11.8 Å². The number of halogens is 1. The summed E-state index contributed by atoms with van der Waals surface area (Å²) in [7, 11) is 0. The number of fused-ring (bicyclic) bond motifs is 1. The Balaban J connectivity index is 1.91. The molecule has 23 heavy (non-hydrogen) atoms. The number of carbonyl (C=O) groups excluding carboxylic acids is 2. The van der Waals surface area contributed by atoms with Crippen molar-refractivity contribution in [2.24, 2.45) is 0 Å². The number of amides is 2. The van der Waals surface area contributed by atoms with Crippen LogP contribution >= 0.6 is 0 Å². The first-order valence-corrected chi connectivity index (χ1v) is 7.07. The third kappa shape index (κ3) is 2.88. The molecule has 2 amide bonds. The molecule has 0 unspecified atom stereocenters. The summed E-state index contributed by atoms with van der Waals surface area (Å²) >= 11 is 0. The molecule has 1 aliphatic rings. The van der Waals surface area contributed by atoms with Crippen LogP contribution in [0.5, 0.6) is 5.75 Å². The van der Waals surface area contributed by atoms with Gasteiger partial charge in [0.15, 0.2) is 5.60 Å². The van der Waals surface area contributed by atoms with E-state index in [1.165, 1.54) is 18.2 Å². The van der Waals surface area contributed by atoms with Crippen LogP contribution in [-0.4, -0.2) is 17.4 Å². The van der Waals surface area contributed by atoms with Crippen LogP contribution in [0, 0.1) is 5.82 Å². The Morgan fingerprint density at radius 1 is 1.22 bits per heavy atom. The Bertz CT molecular complexity index is 802. The Morgan fingerprint density at radius 3 is 2.70 bits per heavy atom. The van der Waals surface area contributed by atoms with Crippen molar-refractivity contribution < 1.29 is 18.7 Å². The second-order valence-electron chi connectivity index (χ2n) is 5.71. The highest BCUT2D eigenvalue weighted by Crippen LogP contribution is 2.39. The summed E-state index contributed by atoms with van der Waals surface area (Å²) in [6.45, 7) is 3.31. The van der Waals surface area contributed by atoms with Crippen molar-refractivity contribution in [3.05, 3.63) is 53.8 Å². The average Bonchev–Trinajstić information content (AvgIpc) is 2.49. The van der Waals surface area contributed by atoms with Gasteiger partial charge in [0, 0.05) is 5.56 Å². The molecule has 1 heterocycles. The van der Waals surface area contributed by atoms with Gasteiger partial charge in [-0.3, -0.25) is 9.59 Å². The van der Waals surface area contributed by atoms with E-state index in [2.05, 4.69) is 10.6 Å². The molecule has 118 valence electrons. The number of rotatable bonds is 2. The van der Waals surface area contributed by atoms with Crippen molar-refractivity contribution >= 4 is 23.2 Å². The van der Waals surface area contributed by atoms with Gasteiger partial charge in [-0.25, -0.2) is 4.39 Å². The minimum Gasteiger partial charge on any atom is -0.476 e. The third-order valence-corrected chi connectivity index (χ3v) is 3.51. The maximum absolute atomic E-state index is 13.2. The van der Waals surface area contributed by atoms with Gasteiger partial charge in [0.05, 0.1) is 5.69 Å². The topological polar surface area (TPSA) is 67.4 Å². The minimum atomic E-state index is -0.988. The number of hydrogen-bond acceptors (Lipinski definition) is 3. The van der Waals surface area contributed by atoms with E-state index in [0.29, 0.717) is 17.1 Å². The van der Waals surface area contributed by atoms with E-state index in [0.717, 1.165) is 6.07 Å². The Morgan fingerprint density at radius 2 is 1.96 bits per heavy atom. The van der Waals surface area contributed by atoms with Crippen molar-refractivity contribution in [1.29, 1.82) is 0 Å². The average molecular weight is 314 g/mol. The predicted molar refractivity (Wildman–Crippen MR) is 84.1 cm³/mol. The van der Waals surface area contributed by atoms with Crippen LogP contribution in [-0.2, 0) is 4.79 Å². The SMILES string of the molecule is CC1(C)Oc2cccc(NC(=O)c3cccc(F)c3)c2NC1=O. The zero-order chi connectivity index (χ0) is 16.6. The second kappa shape index (κ2) is 5.39. The smallest absolute Gasteiger partial charge is 0.268 e. The number of carbonyl (C=O) groups is 2. The summed E-state index contributed by atoms with van der Waals surface area (Å²) < 4.78 is 18.9. The summed E-state index contributed by atoms with van der Waals surface area (Å²) in [5, 5.41) is 5.40. The fourth-order valence-electron chi connectivity index (χ4n) is 2.26. The lowest BCUT2D eigenvalue weighted by Crippen LogP contribution is -2.45. The highest BCUT2D eigenvalue weighted by atomic mass is 19.1. The van der Waals surface area contributed by atoms with E-state index in [9.17, 15) is 14.0 Å². The molecule has 3 rings (SSSR count). The third-order valence-electron chi connectivity index (χ3n) is 3.51. The van der Waals surface area contributed by atoms with E-state index in [1.807, 2.05) is 0 Å². The molecule has 0 saturated carbocycles. The van der Waals surface area contributed by atoms with Crippen LogP contribution in [0.25, 0.3) is 0 Å². The van der Waals surface area contributed by atoms with Crippen molar-refractivity contribution in [3.8, 4) is 5.75 Å². The first kappa shape index (κ1) is 15.0. The lowest BCUT2D eigenvalue weighted by molar-refractivity contribution is -0.129. The van der Waals surface area contributed by atoms with Crippen LogP contribution in [0.15, 0.2) is 42.5 Å². The molecule has 5 nitrogen and oxygen atoms in total. The van der Waals surface area contributed by atoms with E-state index < -0.39 is 17.3 Å². The predicted octanol–water partition coefficient (Wildman–Crippen LogP) is 3.19. The molecule has 0 aromatic heterocycles. The van der Waals surface area contributed by atoms with Gasteiger partial charge in [-0.05, 0) is 44.2 Å². The Hall–Kier alpha value is -2.89. The van der Waals surface area contributed by atoms with Gasteiger partial charge in [-0.1, -0.05) is 12.1 Å². The molecule has 2 N–H and O–H groups in total. The molecule has 0 bridgehead atoms. The number of hydrogen-bond donors (Lipinski definition) is 2. The number of ether oxygens (including phenoxy) is 1. The zero-order valence-corrected chi connectivity index (χ0v) is 12.6. The monoisotopic (exact) mass is 314 g/mol. The molecule has 0 aliphatic carbocycles. The lowest BCUT2D eigenvalue weighted by Gasteiger charge is -2.32. The van der Waals surface area contributed by atoms with E-state index in [1.54, 1.807) is 32.0 Å². The molecule has 0 saturated heterocycles. The summed E-state index contributed by atoms with van der Waals surface area (Å²) in [5.41, 5.74) is -0.0220. The van der Waals surface area contributed by atoms with Gasteiger partial charge in [0.2, 0.25) is 0 Å². The molecule has 0 fully saturated rings.